The molecule has 0 amide bonds. The number of hydrogen-bond acceptors (Lipinski definition) is 2. The third-order valence-electron chi connectivity index (χ3n) is 4.53. The zero-order valence-corrected chi connectivity index (χ0v) is 14.6. The lowest BCUT2D eigenvalue weighted by molar-refractivity contribution is 0.246. The van der Waals surface area contributed by atoms with E-state index < -0.39 is 0 Å². The Balaban J connectivity index is 2.05. The Morgan fingerprint density at radius 1 is 1.38 bits per heavy atom. The molecule has 0 aromatic heterocycles. The van der Waals surface area contributed by atoms with Crippen molar-refractivity contribution in [2.45, 2.75) is 45.6 Å². The summed E-state index contributed by atoms with van der Waals surface area (Å²) in [5.41, 5.74) is 1.02. The molecule has 1 fully saturated rings. The SMILES string of the molecule is CCC(C)CC(Nc1ccc(F)cc1)C1CCCN(Br)C1. The lowest BCUT2D eigenvalue weighted by atomic mass is 9.85. The van der Waals surface area contributed by atoms with Gasteiger partial charge in [0.25, 0.3) is 0 Å². The van der Waals surface area contributed by atoms with Crippen LogP contribution in [0.25, 0.3) is 0 Å². The summed E-state index contributed by atoms with van der Waals surface area (Å²) in [7, 11) is 0. The molecule has 1 aromatic carbocycles. The Kier molecular flexibility index (Phi) is 6.49. The van der Waals surface area contributed by atoms with Gasteiger partial charge in [-0.05, 0) is 55.4 Å². The number of benzene rings is 1. The van der Waals surface area contributed by atoms with Gasteiger partial charge in [0.05, 0.1) is 0 Å². The molecule has 1 heterocycles. The van der Waals surface area contributed by atoms with Gasteiger partial charge in [-0.3, -0.25) is 0 Å². The highest BCUT2D eigenvalue weighted by atomic mass is 79.9. The Bertz CT molecular complexity index is 423. The summed E-state index contributed by atoms with van der Waals surface area (Å²) in [6.45, 7) is 6.77. The van der Waals surface area contributed by atoms with E-state index in [1.54, 1.807) is 0 Å². The molecule has 2 nitrogen and oxygen atoms in total. The molecule has 1 N–H and O–H groups in total. The van der Waals surface area contributed by atoms with Crippen LogP contribution in [0.5, 0.6) is 0 Å². The fraction of sp³-hybridized carbons (Fsp3) is 0.647. The molecule has 0 spiro atoms. The Morgan fingerprint density at radius 2 is 2.10 bits per heavy atom. The van der Waals surface area contributed by atoms with Crippen LogP contribution in [0.3, 0.4) is 0 Å². The molecule has 1 aromatic rings. The van der Waals surface area contributed by atoms with Gasteiger partial charge >= 0.3 is 0 Å². The molecule has 1 aliphatic rings. The molecular formula is C17H26BrFN2. The molecule has 2 rings (SSSR count). The van der Waals surface area contributed by atoms with Crippen molar-refractivity contribution in [1.29, 1.82) is 0 Å². The van der Waals surface area contributed by atoms with Crippen molar-refractivity contribution < 1.29 is 4.39 Å². The summed E-state index contributed by atoms with van der Waals surface area (Å²) < 4.78 is 15.3. The molecule has 0 bridgehead atoms. The van der Waals surface area contributed by atoms with Crippen LogP contribution in [-0.2, 0) is 0 Å². The summed E-state index contributed by atoms with van der Waals surface area (Å²) >= 11 is 3.63. The van der Waals surface area contributed by atoms with Crippen molar-refractivity contribution >= 4 is 21.8 Å². The Labute approximate surface area is 136 Å². The van der Waals surface area contributed by atoms with E-state index in [-0.39, 0.29) is 5.82 Å². The number of piperidine rings is 1. The average Bonchev–Trinajstić information content (AvgIpc) is 2.48. The molecule has 3 unspecified atom stereocenters. The molecule has 0 aliphatic carbocycles. The van der Waals surface area contributed by atoms with Crippen LogP contribution in [0.1, 0.15) is 39.5 Å². The second-order valence-corrected chi connectivity index (χ2v) is 7.28. The van der Waals surface area contributed by atoms with E-state index in [1.807, 2.05) is 12.1 Å². The quantitative estimate of drug-likeness (QED) is 0.716. The van der Waals surface area contributed by atoms with E-state index >= 15 is 0 Å². The van der Waals surface area contributed by atoms with E-state index in [4.69, 9.17) is 0 Å². The minimum atomic E-state index is -0.177. The maximum Gasteiger partial charge on any atom is 0.123 e. The molecule has 3 atom stereocenters. The Hall–Kier alpha value is -0.610. The van der Waals surface area contributed by atoms with Crippen LogP contribution in [0.4, 0.5) is 10.1 Å². The third-order valence-corrected chi connectivity index (χ3v) is 5.17. The molecule has 1 saturated heterocycles. The van der Waals surface area contributed by atoms with Gasteiger partial charge in [-0.1, -0.05) is 20.3 Å². The molecule has 0 radical (unpaired) electrons. The Morgan fingerprint density at radius 3 is 2.71 bits per heavy atom. The van der Waals surface area contributed by atoms with E-state index in [2.05, 4.69) is 39.2 Å². The molecule has 0 saturated carbocycles. The highest BCUT2D eigenvalue weighted by Crippen LogP contribution is 2.28. The predicted molar refractivity (Wildman–Crippen MR) is 91.1 cm³/mol. The topological polar surface area (TPSA) is 15.3 Å². The van der Waals surface area contributed by atoms with E-state index in [0.717, 1.165) is 18.8 Å². The van der Waals surface area contributed by atoms with Crippen molar-refractivity contribution in [3.63, 3.8) is 0 Å². The first-order valence-corrected chi connectivity index (χ1v) is 8.72. The van der Waals surface area contributed by atoms with E-state index in [1.165, 1.54) is 37.8 Å². The second kappa shape index (κ2) is 8.14. The monoisotopic (exact) mass is 356 g/mol. The first-order valence-electron chi connectivity index (χ1n) is 8.01. The summed E-state index contributed by atoms with van der Waals surface area (Å²) in [4.78, 5) is 0. The predicted octanol–water partition coefficient (Wildman–Crippen LogP) is 5.06. The number of halogens is 2. The number of hydrogen-bond donors (Lipinski definition) is 1. The van der Waals surface area contributed by atoms with Crippen molar-refractivity contribution in [1.82, 2.24) is 3.93 Å². The zero-order chi connectivity index (χ0) is 15.2. The van der Waals surface area contributed by atoms with Gasteiger partial charge in [0, 0.05) is 41.0 Å². The van der Waals surface area contributed by atoms with Crippen LogP contribution < -0.4 is 5.32 Å². The molecule has 1 aliphatic heterocycles. The standard InChI is InChI=1S/C17H26BrFN2/c1-3-13(2)11-17(14-5-4-10-21(18)12-14)20-16-8-6-15(19)7-9-16/h6-9,13-14,17,20H,3-5,10-12H2,1-2H3. The van der Waals surface area contributed by atoms with Crippen LogP contribution >= 0.6 is 16.1 Å². The number of nitrogens with zero attached hydrogens (tertiary/aromatic N) is 1. The fourth-order valence-corrected chi connectivity index (χ4v) is 3.64. The van der Waals surface area contributed by atoms with Gasteiger partial charge < -0.3 is 5.32 Å². The largest absolute Gasteiger partial charge is 0.382 e. The summed E-state index contributed by atoms with van der Waals surface area (Å²) in [6, 6.07) is 7.19. The summed E-state index contributed by atoms with van der Waals surface area (Å²) in [6.07, 6.45) is 4.86. The number of rotatable bonds is 6. The van der Waals surface area contributed by atoms with Crippen LogP contribution in [0, 0.1) is 17.7 Å². The van der Waals surface area contributed by atoms with E-state index in [0.29, 0.717) is 17.9 Å². The van der Waals surface area contributed by atoms with Crippen LogP contribution in [0.15, 0.2) is 24.3 Å². The van der Waals surface area contributed by atoms with Gasteiger partial charge in [-0.25, -0.2) is 8.32 Å². The van der Waals surface area contributed by atoms with Gasteiger partial charge in [0.2, 0.25) is 0 Å². The average molecular weight is 357 g/mol. The van der Waals surface area contributed by atoms with Gasteiger partial charge in [0.15, 0.2) is 0 Å². The van der Waals surface area contributed by atoms with Crippen LogP contribution in [0.2, 0.25) is 0 Å². The third kappa shape index (κ3) is 5.26. The minimum absolute atomic E-state index is 0.177. The summed E-state index contributed by atoms with van der Waals surface area (Å²) in [5, 5.41) is 3.65. The zero-order valence-electron chi connectivity index (χ0n) is 13.0. The lowest BCUT2D eigenvalue weighted by Gasteiger charge is -2.36. The number of nitrogens with one attached hydrogen (secondary N) is 1. The molecule has 21 heavy (non-hydrogen) atoms. The van der Waals surface area contributed by atoms with Crippen molar-refractivity contribution in [2.24, 2.45) is 11.8 Å². The molecular weight excluding hydrogens is 331 g/mol. The van der Waals surface area contributed by atoms with Gasteiger partial charge in [-0.15, -0.1) is 0 Å². The van der Waals surface area contributed by atoms with Crippen LogP contribution in [-0.4, -0.2) is 23.1 Å². The fourth-order valence-electron chi connectivity index (χ4n) is 3.02. The highest BCUT2D eigenvalue weighted by Gasteiger charge is 2.27. The maximum atomic E-state index is 13.1. The highest BCUT2D eigenvalue weighted by molar-refractivity contribution is 9.07. The van der Waals surface area contributed by atoms with Crippen molar-refractivity contribution in [2.75, 3.05) is 18.4 Å². The van der Waals surface area contributed by atoms with Gasteiger partial charge in [0.1, 0.15) is 5.82 Å². The van der Waals surface area contributed by atoms with Crippen molar-refractivity contribution in [3.05, 3.63) is 30.1 Å². The minimum Gasteiger partial charge on any atom is -0.382 e. The second-order valence-electron chi connectivity index (χ2n) is 6.28. The van der Waals surface area contributed by atoms with Crippen molar-refractivity contribution in [3.8, 4) is 0 Å². The first kappa shape index (κ1) is 16.8. The smallest absolute Gasteiger partial charge is 0.123 e. The number of anilines is 1. The summed E-state index contributed by atoms with van der Waals surface area (Å²) in [5.74, 6) is 1.16. The molecule has 4 heteroatoms. The van der Waals surface area contributed by atoms with E-state index in [9.17, 15) is 4.39 Å². The molecule has 118 valence electrons. The lowest BCUT2D eigenvalue weighted by Crippen LogP contribution is -2.40. The maximum absolute atomic E-state index is 13.1. The van der Waals surface area contributed by atoms with Gasteiger partial charge in [-0.2, -0.15) is 0 Å². The normalized spacial score (nSPS) is 22.8. The first-order chi connectivity index (χ1) is 10.1.